The number of hydrogen-bond acceptors (Lipinski definition) is 2. The molecule has 0 saturated heterocycles. The van der Waals surface area contributed by atoms with Crippen LogP contribution in [0.5, 0.6) is 5.75 Å². The zero-order valence-corrected chi connectivity index (χ0v) is 9.12. The normalized spacial score (nSPS) is 11.1. The van der Waals surface area contributed by atoms with Crippen molar-refractivity contribution in [2.45, 2.75) is 13.5 Å². The third kappa shape index (κ3) is 1.70. The number of para-hydroxylation sites is 1. The molecule has 0 unspecified atom stereocenters. The van der Waals surface area contributed by atoms with Crippen molar-refractivity contribution in [1.29, 1.82) is 0 Å². The highest BCUT2D eigenvalue weighted by Crippen LogP contribution is 2.26. The molecule has 0 spiro atoms. The van der Waals surface area contributed by atoms with Gasteiger partial charge < -0.3 is 15.0 Å². The summed E-state index contributed by atoms with van der Waals surface area (Å²) in [6.07, 6.45) is 0. The number of fused-ring (bicyclic) bond motifs is 1. The fourth-order valence-corrected chi connectivity index (χ4v) is 1.87. The third-order valence-electron chi connectivity index (χ3n) is 2.69. The second kappa shape index (κ2) is 3.95. The molecule has 80 valence electrons. The first-order chi connectivity index (χ1) is 7.24. The highest BCUT2D eigenvalue weighted by molar-refractivity contribution is 5.86. The van der Waals surface area contributed by atoms with Gasteiger partial charge in [0, 0.05) is 24.7 Å². The summed E-state index contributed by atoms with van der Waals surface area (Å²) in [4.78, 5) is 0. The summed E-state index contributed by atoms with van der Waals surface area (Å²) in [6.45, 7) is 3.87. The fraction of sp³-hybridized carbons (Fsp3) is 0.333. The Morgan fingerprint density at radius 1 is 1.40 bits per heavy atom. The highest BCUT2D eigenvalue weighted by atomic mass is 16.3. The van der Waals surface area contributed by atoms with Gasteiger partial charge in [0.1, 0.15) is 5.75 Å². The van der Waals surface area contributed by atoms with E-state index in [1.54, 1.807) is 6.07 Å². The molecule has 0 saturated carbocycles. The lowest BCUT2D eigenvalue weighted by atomic mass is 10.2. The molecule has 2 rings (SSSR count). The molecule has 0 bridgehead atoms. The molecule has 1 aromatic heterocycles. The Morgan fingerprint density at radius 3 is 2.87 bits per heavy atom. The van der Waals surface area contributed by atoms with Gasteiger partial charge in [0.05, 0.1) is 5.52 Å². The van der Waals surface area contributed by atoms with Crippen LogP contribution in [0.15, 0.2) is 24.3 Å². The average Bonchev–Trinajstić information content (AvgIpc) is 2.54. The first-order valence-corrected chi connectivity index (χ1v) is 5.21. The smallest absolute Gasteiger partial charge is 0.139 e. The SMILES string of the molecule is CCNCc1cc2cccc(O)c2n1C. The average molecular weight is 204 g/mol. The van der Waals surface area contributed by atoms with Crippen LogP contribution in [0.3, 0.4) is 0 Å². The molecule has 1 aromatic carbocycles. The van der Waals surface area contributed by atoms with E-state index in [1.165, 1.54) is 5.69 Å². The monoisotopic (exact) mass is 204 g/mol. The molecule has 0 aliphatic carbocycles. The summed E-state index contributed by atoms with van der Waals surface area (Å²) in [6, 6.07) is 7.72. The van der Waals surface area contributed by atoms with Gasteiger partial charge in [-0.1, -0.05) is 19.1 Å². The Bertz CT molecular complexity index is 474. The van der Waals surface area contributed by atoms with Crippen molar-refractivity contribution < 1.29 is 5.11 Å². The minimum Gasteiger partial charge on any atom is -0.506 e. The van der Waals surface area contributed by atoms with Crippen LogP contribution < -0.4 is 5.32 Å². The van der Waals surface area contributed by atoms with E-state index in [0.29, 0.717) is 5.75 Å². The van der Waals surface area contributed by atoms with Crippen LogP contribution in [-0.2, 0) is 13.6 Å². The first-order valence-electron chi connectivity index (χ1n) is 5.21. The Balaban J connectivity index is 2.50. The Labute approximate surface area is 89.3 Å². The summed E-state index contributed by atoms with van der Waals surface area (Å²) >= 11 is 0. The van der Waals surface area contributed by atoms with E-state index in [9.17, 15) is 5.11 Å². The number of hydrogen-bond donors (Lipinski definition) is 2. The van der Waals surface area contributed by atoms with E-state index in [0.717, 1.165) is 24.0 Å². The van der Waals surface area contributed by atoms with Gasteiger partial charge in [-0.15, -0.1) is 0 Å². The molecular formula is C12H16N2O. The lowest BCUT2D eigenvalue weighted by molar-refractivity contribution is 0.478. The van der Waals surface area contributed by atoms with E-state index in [1.807, 2.05) is 23.7 Å². The van der Waals surface area contributed by atoms with Gasteiger partial charge >= 0.3 is 0 Å². The van der Waals surface area contributed by atoms with Crippen molar-refractivity contribution in [3.63, 3.8) is 0 Å². The molecule has 0 radical (unpaired) electrons. The zero-order chi connectivity index (χ0) is 10.8. The van der Waals surface area contributed by atoms with Gasteiger partial charge in [-0.25, -0.2) is 0 Å². The number of nitrogens with one attached hydrogen (secondary N) is 1. The van der Waals surface area contributed by atoms with Crippen LogP contribution in [0, 0.1) is 0 Å². The van der Waals surface area contributed by atoms with Gasteiger partial charge in [0.25, 0.3) is 0 Å². The number of phenols is 1. The number of aryl methyl sites for hydroxylation is 1. The Morgan fingerprint density at radius 2 is 2.20 bits per heavy atom. The lowest BCUT2D eigenvalue weighted by Gasteiger charge is -2.05. The second-order valence-corrected chi connectivity index (χ2v) is 3.69. The van der Waals surface area contributed by atoms with Crippen LogP contribution in [0.4, 0.5) is 0 Å². The highest BCUT2D eigenvalue weighted by Gasteiger charge is 2.07. The number of nitrogens with zero attached hydrogens (tertiary/aromatic N) is 1. The largest absolute Gasteiger partial charge is 0.506 e. The minimum atomic E-state index is 0.345. The second-order valence-electron chi connectivity index (χ2n) is 3.69. The van der Waals surface area contributed by atoms with E-state index in [4.69, 9.17) is 0 Å². The number of aromatic nitrogens is 1. The maximum absolute atomic E-state index is 9.75. The molecular weight excluding hydrogens is 188 g/mol. The Kier molecular flexibility index (Phi) is 2.64. The van der Waals surface area contributed by atoms with Crippen LogP contribution in [-0.4, -0.2) is 16.2 Å². The maximum atomic E-state index is 9.75. The van der Waals surface area contributed by atoms with Crippen molar-refractivity contribution in [3.05, 3.63) is 30.0 Å². The minimum absolute atomic E-state index is 0.345. The van der Waals surface area contributed by atoms with Crippen LogP contribution in [0.1, 0.15) is 12.6 Å². The molecule has 1 heterocycles. The molecule has 0 fully saturated rings. The summed E-state index contributed by atoms with van der Waals surface area (Å²) in [7, 11) is 1.98. The van der Waals surface area contributed by atoms with Gasteiger partial charge in [-0.05, 0) is 18.7 Å². The fourth-order valence-electron chi connectivity index (χ4n) is 1.87. The van der Waals surface area contributed by atoms with Gasteiger partial charge in [0.15, 0.2) is 0 Å². The molecule has 2 aromatic rings. The van der Waals surface area contributed by atoms with Crippen LogP contribution >= 0.6 is 0 Å². The number of aromatic hydroxyl groups is 1. The summed E-state index contributed by atoms with van der Waals surface area (Å²) in [5.41, 5.74) is 2.10. The molecule has 0 aliphatic heterocycles. The topological polar surface area (TPSA) is 37.2 Å². The molecule has 0 aliphatic rings. The summed E-state index contributed by atoms with van der Waals surface area (Å²) in [5, 5.41) is 14.1. The first kappa shape index (κ1) is 10.1. The van der Waals surface area contributed by atoms with Crippen molar-refractivity contribution >= 4 is 10.9 Å². The molecule has 3 nitrogen and oxygen atoms in total. The maximum Gasteiger partial charge on any atom is 0.139 e. The zero-order valence-electron chi connectivity index (χ0n) is 9.12. The van der Waals surface area contributed by atoms with Crippen molar-refractivity contribution in [1.82, 2.24) is 9.88 Å². The Hall–Kier alpha value is -1.48. The van der Waals surface area contributed by atoms with E-state index >= 15 is 0 Å². The molecule has 3 heteroatoms. The quantitative estimate of drug-likeness (QED) is 0.802. The number of rotatable bonds is 3. The number of phenolic OH excluding ortho intramolecular Hbond substituents is 1. The van der Waals surface area contributed by atoms with Gasteiger partial charge in [0.2, 0.25) is 0 Å². The van der Waals surface area contributed by atoms with Crippen molar-refractivity contribution in [2.24, 2.45) is 7.05 Å². The molecule has 15 heavy (non-hydrogen) atoms. The van der Waals surface area contributed by atoms with E-state index in [2.05, 4.69) is 18.3 Å². The van der Waals surface area contributed by atoms with Crippen LogP contribution in [0.25, 0.3) is 10.9 Å². The van der Waals surface area contributed by atoms with Crippen molar-refractivity contribution in [2.75, 3.05) is 6.54 Å². The summed E-state index contributed by atoms with van der Waals surface area (Å²) < 4.78 is 2.04. The molecule has 2 N–H and O–H groups in total. The van der Waals surface area contributed by atoms with E-state index < -0.39 is 0 Å². The summed E-state index contributed by atoms with van der Waals surface area (Å²) in [5.74, 6) is 0.345. The predicted molar refractivity (Wildman–Crippen MR) is 62.0 cm³/mol. The molecule has 0 amide bonds. The van der Waals surface area contributed by atoms with Gasteiger partial charge in [-0.3, -0.25) is 0 Å². The lowest BCUT2D eigenvalue weighted by Crippen LogP contribution is -2.14. The van der Waals surface area contributed by atoms with E-state index in [-0.39, 0.29) is 0 Å². The predicted octanol–water partition coefficient (Wildman–Crippen LogP) is 1.99. The standard InChI is InChI=1S/C12H16N2O/c1-3-13-8-10-7-9-5-4-6-11(15)12(9)14(10)2/h4-7,13,15H,3,8H2,1-2H3. The van der Waals surface area contributed by atoms with Crippen molar-refractivity contribution in [3.8, 4) is 5.75 Å². The third-order valence-corrected chi connectivity index (χ3v) is 2.69. The molecule has 0 atom stereocenters. The van der Waals surface area contributed by atoms with Crippen LogP contribution in [0.2, 0.25) is 0 Å². The van der Waals surface area contributed by atoms with Gasteiger partial charge in [-0.2, -0.15) is 0 Å². The number of benzene rings is 1.